The van der Waals surface area contributed by atoms with Crippen LogP contribution in [0.2, 0.25) is 0 Å². The van der Waals surface area contributed by atoms with Crippen LogP contribution in [0.5, 0.6) is 11.5 Å². The van der Waals surface area contributed by atoms with Gasteiger partial charge in [-0.15, -0.1) is 0 Å². The van der Waals surface area contributed by atoms with Crippen molar-refractivity contribution in [2.24, 2.45) is 0 Å². The third-order valence-electron chi connectivity index (χ3n) is 2.17. The molecule has 2 aromatic rings. The van der Waals surface area contributed by atoms with Crippen molar-refractivity contribution in [2.75, 3.05) is 25.3 Å². The van der Waals surface area contributed by atoms with Crippen LogP contribution in [-0.4, -0.2) is 19.2 Å². The number of methoxy groups -OCH3 is 2. The summed E-state index contributed by atoms with van der Waals surface area (Å²) in [5.41, 5.74) is 6.41. The maximum absolute atomic E-state index is 5.62. The second-order valence-corrected chi connectivity index (χ2v) is 4.32. The van der Waals surface area contributed by atoms with Crippen LogP contribution in [0.4, 0.5) is 15.8 Å². The zero-order valence-electron chi connectivity index (χ0n) is 9.56. The lowest BCUT2D eigenvalue weighted by Gasteiger charge is -2.10. The Labute approximate surface area is 103 Å². The molecule has 0 aliphatic carbocycles. The van der Waals surface area contributed by atoms with Crippen molar-refractivity contribution < 1.29 is 9.47 Å². The SMILES string of the molecule is COc1ccc(OC)c(Nc2ncc(N)s2)c1. The van der Waals surface area contributed by atoms with Crippen LogP contribution in [0.15, 0.2) is 24.4 Å². The molecule has 0 bridgehead atoms. The molecular weight excluding hydrogens is 238 g/mol. The van der Waals surface area contributed by atoms with Crippen molar-refractivity contribution in [3.05, 3.63) is 24.4 Å². The summed E-state index contributed by atoms with van der Waals surface area (Å²) >= 11 is 1.37. The van der Waals surface area contributed by atoms with Crippen molar-refractivity contribution in [1.82, 2.24) is 4.98 Å². The highest BCUT2D eigenvalue weighted by Crippen LogP contribution is 2.33. The van der Waals surface area contributed by atoms with Crippen molar-refractivity contribution in [3.8, 4) is 11.5 Å². The maximum Gasteiger partial charge on any atom is 0.189 e. The fourth-order valence-electron chi connectivity index (χ4n) is 1.37. The average molecular weight is 251 g/mol. The summed E-state index contributed by atoms with van der Waals surface area (Å²) in [7, 11) is 3.23. The molecule has 0 atom stereocenters. The van der Waals surface area contributed by atoms with Gasteiger partial charge < -0.3 is 20.5 Å². The third-order valence-corrected chi connectivity index (χ3v) is 2.91. The first-order valence-corrected chi connectivity index (χ1v) is 5.75. The molecule has 6 heteroatoms. The molecule has 0 aliphatic rings. The first-order chi connectivity index (χ1) is 8.22. The molecule has 0 saturated heterocycles. The van der Waals surface area contributed by atoms with Crippen molar-refractivity contribution in [1.29, 1.82) is 0 Å². The first kappa shape index (κ1) is 11.5. The summed E-state index contributed by atoms with van der Waals surface area (Å²) in [5.74, 6) is 1.47. The van der Waals surface area contributed by atoms with E-state index in [1.54, 1.807) is 20.4 Å². The number of benzene rings is 1. The van der Waals surface area contributed by atoms with E-state index in [0.717, 1.165) is 17.2 Å². The number of ether oxygens (including phenoxy) is 2. The molecule has 3 N–H and O–H groups in total. The Bertz CT molecular complexity index is 513. The number of anilines is 3. The number of hydrogen-bond donors (Lipinski definition) is 2. The predicted octanol–water partition coefficient (Wildman–Crippen LogP) is 2.49. The smallest absolute Gasteiger partial charge is 0.189 e. The van der Waals surface area contributed by atoms with Crippen molar-refractivity contribution in [3.63, 3.8) is 0 Å². The van der Waals surface area contributed by atoms with E-state index in [1.807, 2.05) is 18.2 Å². The fourth-order valence-corrected chi connectivity index (χ4v) is 1.97. The molecule has 0 radical (unpaired) electrons. The van der Waals surface area contributed by atoms with Crippen LogP contribution in [0.25, 0.3) is 0 Å². The fraction of sp³-hybridized carbons (Fsp3) is 0.182. The van der Waals surface area contributed by atoms with Gasteiger partial charge in [0.25, 0.3) is 0 Å². The summed E-state index contributed by atoms with van der Waals surface area (Å²) in [5, 5.41) is 4.52. The quantitative estimate of drug-likeness (QED) is 0.873. The van der Waals surface area contributed by atoms with Gasteiger partial charge in [-0.2, -0.15) is 0 Å². The largest absolute Gasteiger partial charge is 0.497 e. The molecule has 0 aliphatic heterocycles. The maximum atomic E-state index is 5.62. The predicted molar refractivity (Wildman–Crippen MR) is 69.4 cm³/mol. The molecular formula is C11H13N3O2S. The molecule has 0 fully saturated rings. The zero-order chi connectivity index (χ0) is 12.3. The Morgan fingerprint density at radius 1 is 1.29 bits per heavy atom. The number of nitrogens with one attached hydrogen (secondary N) is 1. The molecule has 5 nitrogen and oxygen atoms in total. The Hall–Kier alpha value is -1.95. The van der Waals surface area contributed by atoms with Gasteiger partial charge in [0.15, 0.2) is 5.13 Å². The molecule has 0 saturated carbocycles. The number of hydrogen-bond acceptors (Lipinski definition) is 6. The summed E-state index contributed by atoms with van der Waals surface area (Å²) in [6.45, 7) is 0. The van der Waals surface area contributed by atoms with Crippen molar-refractivity contribution in [2.45, 2.75) is 0 Å². The number of nitrogen functional groups attached to an aromatic ring is 1. The Balaban J connectivity index is 2.29. The standard InChI is InChI=1S/C11H13N3O2S/c1-15-7-3-4-9(16-2)8(5-7)14-11-13-6-10(12)17-11/h3-6H,12H2,1-2H3,(H,13,14). The van der Waals surface area contributed by atoms with E-state index >= 15 is 0 Å². The Kier molecular flexibility index (Phi) is 3.34. The molecule has 0 spiro atoms. The van der Waals surface area contributed by atoms with Gasteiger partial charge in [0.1, 0.15) is 16.5 Å². The van der Waals surface area contributed by atoms with E-state index in [0.29, 0.717) is 10.1 Å². The second-order valence-electron chi connectivity index (χ2n) is 3.26. The van der Waals surface area contributed by atoms with Crippen LogP contribution in [-0.2, 0) is 0 Å². The summed E-state index contributed by atoms with van der Waals surface area (Å²) < 4.78 is 10.4. The zero-order valence-corrected chi connectivity index (χ0v) is 10.4. The lowest BCUT2D eigenvalue weighted by Crippen LogP contribution is -1.95. The van der Waals surface area contributed by atoms with Gasteiger partial charge in [-0.25, -0.2) is 4.98 Å². The lowest BCUT2D eigenvalue weighted by molar-refractivity contribution is 0.405. The van der Waals surface area contributed by atoms with E-state index in [9.17, 15) is 0 Å². The molecule has 1 aromatic heterocycles. The molecule has 2 rings (SSSR count). The highest BCUT2D eigenvalue weighted by Gasteiger charge is 2.07. The van der Waals surface area contributed by atoms with Gasteiger partial charge in [-0.3, -0.25) is 0 Å². The molecule has 1 aromatic carbocycles. The third kappa shape index (κ3) is 2.59. The van der Waals surface area contributed by atoms with Crippen LogP contribution in [0.3, 0.4) is 0 Å². The van der Waals surface area contributed by atoms with Crippen molar-refractivity contribution >= 4 is 27.2 Å². The van der Waals surface area contributed by atoms with Gasteiger partial charge in [-0.05, 0) is 12.1 Å². The monoisotopic (exact) mass is 251 g/mol. The topological polar surface area (TPSA) is 69.4 Å². The van der Waals surface area contributed by atoms with Crippen LogP contribution < -0.4 is 20.5 Å². The summed E-state index contributed by atoms with van der Waals surface area (Å²) in [6, 6.07) is 5.51. The van der Waals surface area contributed by atoms with E-state index in [1.165, 1.54) is 11.3 Å². The van der Waals surface area contributed by atoms with Crippen LogP contribution in [0.1, 0.15) is 0 Å². The lowest BCUT2D eigenvalue weighted by atomic mass is 10.2. The second kappa shape index (κ2) is 4.92. The van der Waals surface area contributed by atoms with Gasteiger partial charge in [-0.1, -0.05) is 11.3 Å². The number of rotatable bonds is 4. The molecule has 90 valence electrons. The Morgan fingerprint density at radius 3 is 2.71 bits per heavy atom. The average Bonchev–Trinajstić information content (AvgIpc) is 2.74. The van der Waals surface area contributed by atoms with Gasteiger partial charge in [0.05, 0.1) is 26.1 Å². The molecule has 0 unspecified atom stereocenters. The van der Waals surface area contributed by atoms with E-state index in [2.05, 4.69) is 10.3 Å². The minimum absolute atomic E-state index is 0.661. The van der Waals surface area contributed by atoms with Crippen LogP contribution in [0, 0.1) is 0 Å². The molecule has 17 heavy (non-hydrogen) atoms. The number of aromatic nitrogens is 1. The normalized spacial score (nSPS) is 10.0. The first-order valence-electron chi connectivity index (χ1n) is 4.93. The Morgan fingerprint density at radius 2 is 2.12 bits per heavy atom. The highest BCUT2D eigenvalue weighted by molar-refractivity contribution is 7.19. The number of nitrogens with two attached hydrogens (primary N) is 1. The van der Waals surface area contributed by atoms with Gasteiger partial charge in [0, 0.05) is 6.07 Å². The minimum Gasteiger partial charge on any atom is -0.497 e. The number of thiazole rings is 1. The molecule has 1 heterocycles. The summed E-state index contributed by atoms with van der Waals surface area (Å²) in [4.78, 5) is 4.13. The van der Waals surface area contributed by atoms with E-state index in [4.69, 9.17) is 15.2 Å². The van der Waals surface area contributed by atoms with E-state index in [-0.39, 0.29) is 0 Å². The summed E-state index contributed by atoms with van der Waals surface area (Å²) in [6.07, 6.45) is 1.61. The van der Waals surface area contributed by atoms with Gasteiger partial charge >= 0.3 is 0 Å². The highest BCUT2D eigenvalue weighted by atomic mass is 32.1. The molecule has 0 amide bonds. The van der Waals surface area contributed by atoms with E-state index < -0.39 is 0 Å². The van der Waals surface area contributed by atoms with Crippen LogP contribution >= 0.6 is 11.3 Å². The number of nitrogens with zero attached hydrogens (tertiary/aromatic N) is 1. The minimum atomic E-state index is 0.661. The van der Waals surface area contributed by atoms with Gasteiger partial charge in [0.2, 0.25) is 0 Å².